The normalized spacial score (nSPS) is 12.1. The molecular weight excluding hydrogens is 328 g/mol. The summed E-state index contributed by atoms with van der Waals surface area (Å²) in [5, 5.41) is 14.0. The zero-order valence-corrected chi connectivity index (χ0v) is 13.7. The molecule has 1 atom stereocenters. The van der Waals surface area contributed by atoms with E-state index in [2.05, 4.69) is 4.98 Å². The van der Waals surface area contributed by atoms with E-state index in [1.807, 2.05) is 19.2 Å². The molecule has 0 bridgehead atoms. The van der Waals surface area contributed by atoms with Gasteiger partial charge in [0.2, 0.25) is 0 Å². The van der Waals surface area contributed by atoms with Crippen LogP contribution in [0.25, 0.3) is 0 Å². The van der Waals surface area contributed by atoms with Crippen LogP contribution in [0.2, 0.25) is 5.02 Å². The van der Waals surface area contributed by atoms with Gasteiger partial charge < -0.3 is 9.47 Å². The molecule has 22 heavy (non-hydrogen) atoms. The van der Waals surface area contributed by atoms with E-state index < -0.39 is 4.92 Å². The van der Waals surface area contributed by atoms with Crippen molar-refractivity contribution in [2.24, 2.45) is 0 Å². The first-order chi connectivity index (χ1) is 10.5. The fourth-order valence-electron chi connectivity index (χ4n) is 1.80. The summed E-state index contributed by atoms with van der Waals surface area (Å²) in [6.07, 6.45) is -0.0754. The molecule has 1 heterocycles. The average molecular weight is 343 g/mol. The molecule has 2 rings (SSSR count). The van der Waals surface area contributed by atoms with Crippen molar-refractivity contribution in [3.8, 4) is 5.75 Å². The number of aromatic nitrogens is 1. The fraction of sp³-hybridized carbons (Fsp3) is 0.357. The molecule has 118 valence electrons. The second-order valence-corrected chi connectivity index (χ2v) is 5.76. The van der Waals surface area contributed by atoms with Gasteiger partial charge in [-0.25, -0.2) is 4.98 Å². The van der Waals surface area contributed by atoms with Crippen molar-refractivity contribution in [2.45, 2.75) is 26.6 Å². The number of nitro benzene ring substituents is 1. The van der Waals surface area contributed by atoms with Gasteiger partial charge in [-0.05, 0) is 26.0 Å². The van der Waals surface area contributed by atoms with Crippen LogP contribution in [0.4, 0.5) is 5.69 Å². The van der Waals surface area contributed by atoms with Crippen LogP contribution in [0.5, 0.6) is 5.75 Å². The molecule has 0 fully saturated rings. The lowest BCUT2D eigenvalue weighted by Gasteiger charge is -2.07. The van der Waals surface area contributed by atoms with Gasteiger partial charge in [0.25, 0.3) is 0 Å². The summed E-state index contributed by atoms with van der Waals surface area (Å²) in [5.74, 6) is 0.168. The summed E-state index contributed by atoms with van der Waals surface area (Å²) in [6.45, 7) is 4.62. The van der Waals surface area contributed by atoms with E-state index in [1.54, 1.807) is 6.07 Å². The summed E-state index contributed by atoms with van der Waals surface area (Å²) in [4.78, 5) is 14.9. The molecule has 0 saturated carbocycles. The first-order valence-corrected chi connectivity index (χ1v) is 7.89. The fourth-order valence-corrected chi connectivity index (χ4v) is 2.78. The van der Waals surface area contributed by atoms with Gasteiger partial charge in [-0.3, -0.25) is 10.1 Å². The molecular formula is C14H15ClN2O4S. The number of halogens is 1. The highest BCUT2D eigenvalue weighted by molar-refractivity contribution is 7.09. The quantitative estimate of drug-likeness (QED) is 0.551. The van der Waals surface area contributed by atoms with Crippen molar-refractivity contribution in [3.63, 3.8) is 0 Å². The van der Waals surface area contributed by atoms with Crippen molar-refractivity contribution >= 4 is 28.6 Å². The third-order valence-electron chi connectivity index (χ3n) is 2.83. The van der Waals surface area contributed by atoms with Crippen molar-refractivity contribution in [1.29, 1.82) is 0 Å². The lowest BCUT2D eigenvalue weighted by atomic mass is 10.3. The molecule has 1 unspecified atom stereocenters. The Morgan fingerprint density at radius 1 is 1.50 bits per heavy atom. The maximum absolute atomic E-state index is 11.0. The molecule has 0 aliphatic heterocycles. The molecule has 2 aromatic rings. The Balaban J connectivity index is 2.06. The largest absolute Gasteiger partial charge is 0.480 e. The molecule has 1 aromatic carbocycles. The van der Waals surface area contributed by atoms with E-state index in [0.717, 1.165) is 5.01 Å². The Bertz CT molecular complexity index is 662. The van der Waals surface area contributed by atoms with Gasteiger partial charge in [0.05, 0.1) is 10.6 Å². The maximum atomic E-state index is 11.0. The third kappa shape index (κ3) is 4.16. The monoisotopic (exact) mass is 342 g/mol. The molecule has 6 nitrogen and oxygen atoms in total. The van der Waals surface area contributed by atoms with Crippen LogP contribution < -0.4 is 4.74 Å². The molecule has 0 aliphatic rings. The smallest absolute Gasteiger partial charge is 0.312 e. The molecule has 0 amide bonds. The third-order valence-corrected chi connectivity index (χ3v) is 4.12. The number of hydrogen-bond acceptors (Lipinski definition) is 6. The maximum Gasteiger partial charge on any atom is 0.312 e. The van der Waals surface area contributed by atoms with Crippen LogP contribution in [0.15, 0.2) is 23.6 Å². The van der Waals surface area contributed by atoms with Gasteiger partial charge in [0.15, 0.2) is 5.75 Å². The van der Waals surface area contributed by atoms with E-state index in [9.17, 15) is 10.1 Å². The molecule has 0 aliphatic carbocycles. The van der Waals surface area contributed by atoms with Gasteiger partial charge in [-0.2, -0.15) is 0 Å². The number of nitro groups is 1. The summed E-state index contributed by atoms with van der Waals surface area (Å²) in [6, 6.07) is 4.30. The number of ether oxygens (including phenoxy) is 2. The highest BCUT2D eigenvalue weighted by atomic mass is 35.5. The number of hydrogen-bond donors (Lipinski definition) is 0. The van der Waals surface area contributed by atoms with Crippen LogP contribution in [-0.2, 0) is 11.3 Å². The van der Waals surface area contributed by atoms with Crippen LogP contribution in [0.1, 0.15) is 30.7 Å². The van der Waals surface area contributed by atoms with Gasteiger partial charge in [0, 0.05) is 23.1 Å². The van der Waals surface area contributed by atoms with Crippen LogP contribution in [-0.4, -0.2) is 16.5 Å². The number of thiazole rings is 1. The number of nitrogens with zero attached hydrogens (tertiary/aromatic N) is 2. The molecule has 1 aromatic heterocycles. The van der Waals surface area contributed by atoms with Crippen molar-refractivity contribution in [1.82, 2.24) is 4.98 Å². The molecule has 8 heteroatoms. The van der Waals surface area contributed by atoms with Crippen molar-refractivity contribution < 1.29 is 14.4 Å². The predicted octanol–water partition coefficient (Wildman–Crippen LogP) is 4.38. The van der Waals surface area contributed by atoms with Gasteiger partial charge >= 0.3 is 5.69 Å². The van der Waals surface area contributed by atoms with Crippen molar-refractivity contribution in [2.75, 3.05) is 6.61 Å². The van der Waals surface area contributed by atoms with Crippen LogP contribution in [0, 0.1) is 10.1 Å². The van der Waals surface area contributed by atoms with Crippen molar-refractivity contribution in [3.05, 3.63) is 49.4 Å². The summed E-state index contributed by atoms with van der Waals surface area (Å²) in [7, 11) is 0. The average Bonchev–Trinajstić information content (AvgIpc) is 2.95. The van der Waals surface area contributed by atoms with Crippen LogP contribution >= 0.6 is 22.9 Å². The summed E-state index contributed by atoms with van der Waals surface area (Å²) >= 11 is 7.24. The highest BCUT2D eigenvalue weighted by Crippen LogP contribution is 2.30. The highest BCUT2D eigenvalue weighted by Gasteiger charge is 2.17. The lowest BCUT2D eigenvalue weighted by molar-refractivity contribution is -0.385. The summed E-state index contributed by atoms with van der Waals surface area (Å²) < 4.78 is 11.0. The number of rotatable bonds is 7. The standard InChI is InChI=1S/C14H15ClN2O4S/c1-3-20-9(2)14-16-11(8-22-14)7-21-13-5-4-10(15)6-12(13)17(18)19/h4-6,8-9H,3,7H2,1-2H3. The minimum absolute atomic E-state index is 0.0754. The van der Waals surface area contributed by atoms with Gasteiger partial charge in [-0.15, -0.1) is 11.3 Å². The van der Waals surface area contributed by atoms with E-state index in [1.165, 1.54) is 23.5 Å². The Labute approximate surface area is 136 Å². The van der Waals surface area contributed by atoms with E-state index in [0.29, 0.717) is 17.3 Å². The molecule has 0 radical (unpaired) electrons. The number of benzene rings is 1. The second kappa shape index (κ2) is 7.53. The topological polar surface area (TPSA) is 74.5 Å². The second-order valence-electron chi connectivity index (χ2n) is 4.43. The Morgan fingerprint density at radius 3 is 2.95 bits per heavy atom. The minimum Gasteiger partial charge on any atom is -0.480 e. The zero-order valence-electron chi connectivity index (χ0n) is 12.1. The molecule has 0 N–H and O–H groups in total. The predicted molar refractivity (Wildman–Crippen MR) is 84.6 cm³/mol. The van der Waals surface area contributed by atoms with E-state index >= 15 is 0 Å². The van der Waals surface area contributed by atoms with Gasteiger partial charge in [-0.1, -0.05) is 11.6 Å². The minimum atomic E-state index is -0.523. The first-order valence-electron chi connectivity index (χ1n) is 6.64. The lowest BCUT2D eigenvalue weighted by Crippen LogP contribution is -2.02. The van der Waals surface area contributed by atoms with E-state index in [-0.39, 0.29) is 24.1 Å². The van der Waals surface area contributed by atoms with E-state index in [4.69, 9.17) is 21.1 Å². The SMILES string of the molecule is CCOC(C)c1nc(COc2ccc(Cl)cc2[N+](=O)[O-])cs1. The Hall–Kier alpha value is -1.70. The molecule has 0 spiro atoms. The van der Waals surface area contributed by atoms with Crippen LogP contribution in [0.3, 0.4) is 0 Å². The summed E-state index contributed by atoms with van der Waals surface area (Å²) in [5.41, 5.74) is 0.543. The first kappa shape index (κ1) is 16.7. The molecule has 0 saturated heterocycles. The Morgan fingerprint density at radius 2 is 2.27 bits per heavy atom. The van der Waals surface area contributed by atoms with Gasteiger partial charge in [0.1, 0.15) is 17.7 Å². The zero-order chi connectivity index (χ0) is 16.1. The Kier molecular flexibility index (Phi) is 5.70.